The molecular weight excluding hydrogens is 602 g/mol. The number of halogens is 1. The maximum Gasteiger partial charge on any atom is 0.289 e. The molecule has 3 saturated heterocycles. The van der Waals surface area contributed by atoms with Crippen LogP contribution >= 0.6 is 16.3 Å². The maximum absolute atomic E-state index is 14.5. The van der Waals surface area contributed by atoms with Crippen molar-refractivity contribution in [2.24, 2.45) is 17.8 Å². The minimum Gasteiger partial charge on any atom is -0.361 e. The number of H-pyrrole nitrogens is 1. The van der Waals surface area contributed by atoms with Crippen LogP contribution in [-0.2, 0) is 29.4 Å². The van der Waals surface area contributed by atoms with Crippen molar-refractivity contribution in [3.8, 4) is 0 Å². The molecule has 224 valence electrons. The topological polar surface area (TPSA) is 107 Å². The van der Waals surface area contributed by atoms with E-state index in [2.05, 4.69) is 55.9 Å². The molecule has 0 bridgehead atoms. The zero-order valence-electron chi connectivity index (χ0n) is 24.6. The van der Waals surface area contributed by atoms with E-state index in [-0.39, 0.29) is 23.8 Å². The lowest BCUT2D eigenvalue weighted by atomic mass is 9.79. The fourth-order valence-corrected chi connectivity index (χ4v) is 8.49. The molecule has 2 aromatic rings. The van der Waals surface area contributed by atoms with Crippen LogP contribution in [0.5, 0.6) is 0 Å². The van der Waals surface area contributed by atoms with Crippen LogP contribution in [0.2, 0.25) is 0 Å². The van der Waals surface area contributed by atoms with Crippen molar-refractivity contribution in [2.75, 3.05) is 20.1 Å². The minimum absolute atomic E-state index is 0.101. The maximum atomic E-state index is 14.5. The number of rotatable bonds is 5. The molecule has 7 rings (SSSR count). The highest BCUT2D eigenvalue weighted by molar-refractivity contribution is 9.06. The molecule has 1 aromatic carbocycles. The molecule has 42 heavy (non-hydrogen) atoms. The SMILES string of the molecule is CC(C)[C@H]1C(=O)N2CCC[C@H]2[C@@]2(OBr)O[C@](NC(=O)[C@@H]3C=C4c5cccc6[nH]cc(c56)C[C@H]4N(C)C3)(C(C)C)C(=O)N12. The number of hydrogen-bond donors (Lipinski definition) is 2. The van der Waals surface area contributed by atoms with E-state index in [1.807, 2.05) is 40.8 Å². The summed E-state index contributed by atoms with van der Waals surface area (Å²) in [6, 6.07) is 5.14. The molecule has 3 fully saturated rings. The fourth-order valence-electron chi connectivity index (χ4n) is 8.05. The van der Waals surface area contributed by atoms with Gasteiger partial charge in [0.25, 0.3) is 11.8 Å². The Labute approximate surface area is 254 Å². The highest BCUT2D eigenvalue weighted by atomic mass is 79.9. The van der Waals surface area contributed by atoms with Crippen molar-refractivity contribution >= 4 is 50.5 Å². The van der Waals surface area contributed by atoms with Gasteiger partial charge in [-0.15, -0.1) is 0 Å². The summed E-state index contributed by atoms with van der Waals surface area (Å²) in [5.74, 6) is -3.52. The first kappa shape index (κ1) is 28.1. The third kappa shape index (κ3) is 3.63. The first-order valence-corrected chi connectivity index (χ1v) is 15.7. The molecule has 0 radical (unpaired) electrons. The van der Waals surface area contributed by atoms with E-state index in [4.69, 9.17) is 8.57 Å². The van der Waals surface area contributed by atoms with E-state index in [0.29, 0.717) is 19.5 Å². The van der Waals surface area contributed by atoms with Gasteiger partial charge in [0.15, 0.2) is 0 Å². The van der Waals surface area contributed by atoms with Gasteiger partial charge in [-0.3, -0.25) is 32.7 Å². The molecule has 6 atom stereocenters. The lowest BCUT2D eigenvalue weighted by molar-refractivity contribution is -0.300. The highest BCUT2D eigenvalue weighted by Gasteiger charge is 2.73. The Balaban J connectivity index is 1.27. The van der Waals surface area contributed by atoms with Crippen molar-refractivity contribution in [2.45, 2.75) is 76.7 Å². The van der Waals surface area contributed by atoms with Crippen LogP contribution in [-0.4, -0.2) is 87.3 Å². The van der Waals surface area contributed by atoms with Crippen LogP contribution in [0.1, 0.15) is 51.7 Å². The van der Waals surface area contributed by atoms with Gasteiger partial charge in [-0.25, -0.2) is 0 Å². The molecule has 0 unspecified atom stereocenters. The van der Waals surface area contributed by atoms with E-state index < -0.39 is 41.5 Å². The van der Waals surface area contributed by atoms with Crippen molar-refractivity contribution in [1.29, 1.82) is 0 Å². The van der Waals surface area contributed by atoms with Gasteiger partial charge in [0.05, 0.1) is 5.92 Å². The Hall–Kier alpha value is -2.73. The van der Waals surface area contributed by atoms with Gasteiger partial charge in [0, 0.05) is 42.1 Å². The Morgan fingerprint density at radius 1 is 1.24 bits per heavy atom. The lowest BCUT2D eigenvalue weighted by Gasteiger charge is -2.50. The van der Waals surface area contributed by atoms with Crippen molar-refractivity contribution in [3.63, 3.8) is 0 Å². The smallest absolute Gasteiger partial charge is 0.289 e. The molecule has 1 aromatic heterocycles. The van der Waals surface area contributed by atoms with Gasteiger partial charge in [-0.2, -0.15) is 0 Å². The standard InChI is InChI=1S/C31H38BrN5O5/c1-16(2)26-28(39)36-11-7-10-24(36)31(42-32)37(26)29(40)30(41-31,17(3)4)34-27(38)19-12-21-20-8-6-9-22-25(20)18(14-33-22)13-23(21)35(5)15-19/h6,8-9,12,14,16-17,19,23-24,26,33H,7,10-11,13,15H2,1-5H3,(H,34,38)/t19-,23-,24+,26+,30-,31+/m1/s1. The number of carbonyl (C=O) groups is 3. The van der Waals surface area contributed by atoms with E-state index in [9.17, 15) is 14.4 Å². The highest BCUT2D eigenvalue weighted by Crippen LogP contribution is 2.51. The lowest BCUT2D eigenvalue weighted by Crippen LogP contribution is -2.72. The summed E-state index contributed by atoms with van der Waals surface area (Å²) in [6.45, 7) is 8.63. The van der Waals surface area contributed by atoms with Gasteiger partial charge in [-0.1, -0.05) is 45.9 Å². The molecule has 10 nitrogen and oxygen atoms in total. The average molecular weight is 641 g/mol. The number of nitrogens with zero attached hydrogens (tertiary/aromatic N) is 3. The largest absolute Gasteiger partial charge is 0.361 e. The molecule has 5 heterocycles. The predicted octanol–water partition coefficient (Wildman–Crippen LogP) is 3.37. The number of likely N-dealkylation sites (N-methyl/N-ethyl adjacent to an activating group) is 1. The summed E-state index contributed by atoms with van der Waals surface area (Å²) in [6.07, 6.45) is 6.44. The molecule has 11 heteroatoms. The number of fused-ring (bicyclic) bond motifs is 5. The van der Waals surface area contributed by atoms with E-state index in [1.54, 1.807) is 4.90 Å². The van der Waals surface area contributed by atoms with Gasteiger partial charge < -0.3 is 15.2 Å². The molecule has 4 aliphatic heterocycles. The Morgan fingerprint density at radius 2 is 2.02 bits per heavy atom. The molecule has 1 aliphatic carbocycles. The van der Waals surface area contributed by atoms with E-state index in [1.165, 1.54) is 15.8 Å². The third-order valence-corrected chi connectivity index (χ3v) is 10.6. The van der Waals surface area contributed by atoms with Crippen LogP contribution in [0.15, 0.2) is 30.5 Å². The van der Waals surface area contributed by atoms with Gasteiger partial charge in [0.2, 0.25) is 17.5 Å². The van der Waals surface area contributed by atoms with Crippen molar-refractivity contribution in [1.82, 2.24) is 25.0 Å². The molecular formula is C31H38BrN5O5. The Kier molecular flexibility index (Phi) is 6.44. The average Bonchev–Trinajstić information content (AvgIpc) is 3.68. The Bertz CT molecular complexity index is 1520. The van der Waals surface area contributed by atoms with Crippen molar-refractivity contribution < 1.29 is 22.9 Å². The summed E-state index contributed by atoms with van der Waals surface area (Å²) in [5, 5.41) is 4.28. The fraction of sp³-hybridized carbons (Fsp3) is 0.581. The number of carbonyl (C=O) groups excluding carboxylic acids is 3. The second-order valence-electron chi connectivity index (χ2n) is 13.2. The molecule has 5 aliphatic rings. The van der Waals surface area contributed by atoms with E-state index >= 15 is 0 Å². The first-order chi connectivity index (χ1) is 20.0. The quantitative estimate of drug-likeness (QED) is 0.520. The summed E-state index contributed by atoms with van der Waals surface area (Å²) in [7, 11) is 2.05. The normalized spacial score (nSPS) is 34.2. The van der Waals surface area contributed by atoms with Gasteiger partial charge in [0.1, 0.15) is 28.3 Å². The van der Waals surface area contributed by atoms with Crippen LogP contribution in [0.3, 0.4) is 0 Å². The number of hydrogen-bond acceptors (Lipinski definition) is 6. The van der Waals surface area contributed by atoms with Crippen LogP contribution < -0.4 is 5.32 Å². The summed E-state index contributed by atoms with van der Waals surface area (Å²) in [5.41, 5.74) is 2.94. The number of benzene rings is 1. The number of aromatic amines is 1. The number of amides is 3. The minimum atomic E-state index is -1.70. The first-order valence-electron chi connectivity index (χ1n) is 15.0. The molecule has 3 amide bonds. The summed E-state index contributed by atoms with van der Waals surface area (Å²) < 4.78 is 12.6. The summed E-state index contributed by atoms with van der Waals surface area (Å²) in [4.78, 5) is 51.3. The molecule has 0 spiro atoms. The second-order valence-corrected chi connectivity index (χ2v) is 13.5. The second kappa shape index (κ2) is 9.64. The summed E-state index contributed by atoms with van der Waals surface area (Å²) >= 11 is 3.19. The number of nitrogens with one attached hydrogen (secondary N) is 2. The third-order valence-electron chi connectivity index (χ3n) is 10.1. The van der Waals surface area contributed by atoms with Gasteiger partial charge in [-0.05, 0) is 55.0 Å². The van der Waals surface area contributed by atoms with E-state index in [0.717, 1.165) is 29.5 Å². The van der Waals surface area contributed by atoms with Gasteiger partial charge >= 0.3 is 0 Å². The molecule has 2 N–H and O–H groups in total. The van der Waals surface area contributed by atoms with Crippen LogP contribution in [0.25, 0.3) is 16.5 Å². The number of piperazine rings is 1. The number of ether oxygens (including phenoxy) is 1. The van der Waals surface area contributed by atoms with Crippen LogP contribution in [0.4, 0.5) is 0 Å². The Morgan fingerprint density at radius 3 is 2.74 bits per heavy atom. The number of aromatic nitrogens is 1. The van der Waals surface area contributed by atoms with Crippen LogP contribution in [0, 0.1) is 17.8 Å². The zero-order valence-corrected chi connectivity index (χ0v) is 26.2. The predicted molar refractivity (Wildman–Crippen MR) is 160 cm³/mol. The molecule has 0 saturated carbocycles. The van der Waals surface area contributed by atoms with Crippen molar-refractivity contribution in [3.05, 3.63) is 41.6 Å². The monoisotopic (exact) mass is 639 g/mol. The zero-order chi connectivity index (χ0) is 29.7.